The summed E-state index contributed by atoms with van der Waals surface area (Å²) in [7, 11) is 2.00. The topological polar surface area (TPSA) is 64.3 Å². The highest BCUT2D eigenvalue weighted by Gasteiger charge is 2.25. The molecular formula is C29H39N5O. The van der Waals surface area contributed by atoms with Crippen molar-refractivity contribution in [3.8, 4) is 0 Å². The maximum absolute atomic E-state index is 5.56. The van der Waals surface area contributed by atoms with Crippen LogP contribution in [0.15, 0.2) is 60.0 Å². The molecule has 1 aliphatic carbocycles. The molecule has 2 atom stereocenters. The van der Waals surface area contributed by atoms with E-state index < -0.39 is 0 Å². The van der Waals surface area contributed by atoms with Gasteiger partial charge in [-0.1, -0.05) is 50.3 Å². The average Bonchev–Trinajstić information content (AvgIpc) is 2.96. The highest BCUT2D eigenvalue weighted by molar-refractivity contribution is 5.77. The van der Waals surface area contributed by atoms with Gasteiger partial charge in [0.05, 0.1) is 23.6 Å². The highest BCUT2D eigenvalue weighted by Crippen LogP contribution is 2.28. The van der Waals surface area contributed by atoms with Gasteiger partial charge in [-0.25, -0.2) is 0 Å². The van der Waals surface area contributed by atoms with Crippen LogP contribution in [0.4, 0.5) is 0 Å². The molecular weight excluding hydrogens is 434 g/mol. The van der Waals surface area contributed by atoms with Gasteiger partial charge in [-0.05, 0) is 55.2 Å². The van der Waals surface area contributed by atoms with Gasteiger partial charge in [0.25, 0.3) is 0 Å². The molecule has 2 aliphatic rings. The fourth-order valence-electron chi connectivity index (χ4n) is 4.75. The van der Waals surface area contributed by atoms with Gasteiger partial charge in [0, 0.05) is 50.8 Å². The van der Waals surface area contributed by atoms with Gasteiger partial charge >= 0.3 is 0 Å². The van der Waals surface area contributed by atoms with Crippen LogP contribution in [-0.4, -0.2) is 40.2 Å². The summed E-state index contributed by atoms with van der Waals surface area (Å²) in [4.78, 5) is 9.93. The molecule has 1 aromatic heterocycles. The second-order valence-electron chi connectivity index (χ2n) is 9.54. The van der Waals surface area contributed by atoms with Crippen LogP contribution in [0.1, 0.15) is 80.3 Å². The van der Waals surface area contributed by atoms with Crippen LogP contribution in [0.3, 0.4) is 0 Å². The lowest BCUT2D eigenvalue weighted by atomic mass is 9.92. The largest absolute Gasteiger partial charge is 0.381 e. The predicted octanol–water partition coefficient (Wildman–Crippen LogP) is 5.71. The van der Waals surface area contributed by atoms with Crippen molar-refractivity contribution in [2.75, 3.05) is 13.2 Å². The van der Waals surface area contributed by atoms with E-state index in [2.05, 4.69) is 60.8 Å². The van der Waals surface area contributed by atoms with Crippen molar-refractivity contribution in [2.24, 2.45) is 12.0 Å². The van der Waals surface area contributed by atoms with E-state index >= 15 is 0 Å². The molecule has 6 heteroatoms. The van der Waals surface area contributed by atoms with Gasteiger partial charge in [0.15, 0.2) is 0 Å². The number of aromatic nitrogens is 3. The summed E-state index contributed by atoms with van der Waals surface area (Å²) in [5, 5.41) is 8.56. The maximum Gasteiger partial charge on any atom is 0.0658 e. The molecule has 2 unspecified atom stereocenters. The summed E-state index contributed by atoms with van der Waals surface area (Å²) in [6, 6.07) is 11.1. The first kappa shape index (κ1) is 25.3. The van der Waals surface area contributed by atoms with E-state index in [-0.39, 0.29) is 12.0 Å². The first-order chi connectivity index (χ1) is 17.1. The van der Waals surface area contributed by atoms with Crippen LogP contribution in [0.5, 0.6) is 0 Å². The molecule has 1 saturated heterocycles. The predicted molar refractivity (Wildman–Crippen MR) is 143 cm³/mol. The summed E-state index contributed by atoms with van der Waals surface area (Å²) in [5.74, 6) is 0.0764. The summed E-state index contributed by atoms with van der Waals surface area (Å²) in [6.45, 7) is 5.98. The summed E-state index contributed by atoms with van der Waals surface area (Å²) in [6.07, 6.45) is 16.6. The van der Waals surface area contributed by atoms with E-state index in [0.29, 0.717) is 6.04 Å². The Hall–Kier alpha value is -2.83. The van der Waals surface area contributed by atoms with Gasteiger partial charge in [0.1, 0.15) is 0 Å². The number of hydrogen-bond donors (Lipinski definition) is 1. The number of allylic oxidation sites excluding steroid dienone is 1. The zero-order valence-electron chi connectivity index (χ0n) is 21.4. The minimum Gasteiger partial charge on any atom is -0.381 e. The number of aryl methyl sites for hydroxylation is 2. The van der Waals surface area contributed by atoms with Gasteiger partial charge in [-0.15, -0.1) is 0 Å². The number of rotatable bonds is 7. The molecule has 1 N–H and O–H groups in total. The van der Waals surface area contributed by atoms with Gasteiger partial charge in [-0.2, -0.15) is 5.10 Å². The quantitative estimate of drug-likeness (QED) is 0.523. The smallest absolute Gasteiger partial charge is 0.0658 e. The van der Waals surface area contributed by atoms with E-state index in [9.17, 15) is 0 Å². The molecule has 0 bridgehead atoms. The molecule has 0 amide bonds. The van der Waals surface area contributed by atoms with Crippen LogP contribution in [0, 0.1) is 0 Å². The van der Waals surface area contributed by atoms with Gasteiger partial charge in [-0.3, -0.25) is 14.7 Å². The summed E-state index contributed by atoms with van der Waals surface area (Å²) < 4.78 is 7.47. The first-order valence-electron chi connectivity index (χ1n) is 13.0. The second-order valence-corrected chi connectivity index (χ2v) is 9.54. The fraction of sp³-hybridized carbons (Fsp3) is 0.483. The molecule has 6 nitrogen and oxygen atoms in total. The lowest BCUT2D eigenvalue weighted by Crippen LogP contribution is -2.38. The van der Waals surface area contributed by atoms with Crippen LogP contribution in [-0.2, 0) is 18.2 Å². The standard InChI is InChI=1S/C29H39N5O/c1-4-9-27(23-10-6-5-7-11-23)30-18-22(2)25-19-31-29-24(21-34(3)32-20-25)12-8-13-28(29)33-26-14-16-35-17-15-26/h5-7,9-11,18-22,26,28,33H,4,8,12-17H2,1-3H3/b24-21?,25-19?,27-9-,30-18?,31-29?,32-20?. The second kappa shape index (κ2) is 12.8. The van der Waals surface area contributed by atoms with Crippen molar-refractivity contribution in [1.29, 1.82) is 0 Å². The number of nitrogens with zero attached hydrogens (tertiary/aromatic N) is 4. The van der Waals surface area contributed by atoms with Crippen molar-refractivity contribution in [2.45, 2.75) is 70.4 Å². The third kappa shape index (κ3) is 7.09. The molecule has 0 spiro atoms. The Balaban J connectivity index is 1.62. The first-order valence-corrected chi connectivity index (χ1v) is 13.0. The fourth-order valence-corrected chi connectivity index (χ4v) is 4.75. The average molecular weight is 474 g/mol. The molecule has 0 saturated carbocycles. The SMILES string of the molecule is CC/C=C(\N=CC(C)c1cnc2c(cn(C)nc1)CCCC2NC1CCOCC1)c1ccccc1. The lowest BCUT2D eigenvalue weighted by molar-refractivity contribution is 0.0739. The molecule has 2 heterocycles. The van der Waals surface area contributed by atoms with Crippen molar-refractivity contribution in [1.82, 2.24) is 20.1 Å². The third-order valence-electron chi connectivity index (χ3n) is 6.77. The molecule has 4 rings (SSSR count). The number of benzene rings is 1. The lowest BCUT2D eigenvalue weighted by Gasteiger charge is -2.31. The van der Waals surface area contributed by atoms with Crippen molar-refractivity contribution in [3.05, 3.63) is 77.4 Å². The van der Waals surface area contributed by atoms with Crippen LogP contribution in [0.25, 0.3) is 5.70 Å². The minimum atomic E-state index is 0.0764. The highest BCUT2D eigenvalue weighted by atomic mass is 16.5. The Kier molecular flexibility index (Phi) is 9.21. The Bertz CT molecular complexity index is 1070. The van der Waals surface area contributed by atoms with Gasteiger partial charge in [0.2, 0.25) is 0 Å². The number of fused-ring (bicyclic) bond motifs is 1. The maximum atomic E-state index is 5.56. The van der Waals surface area contributed by atoms with Crippen molar-refractivity contribution >= 4 is 11.9 Å². The molecule has 1 aromatic carbocycles. The van der Waals surface area contributed by atoms with E-state index in [1.165, 1.54) is 5.56 Å². The van der Waals surface area contributed by atoms with Crippen LogP contribution in [0.2, 0.25) is 0 Å². The third-order valence-corrected chi connectivity index (χ3v) is 6.77. The summed E-state index contributed by atoms with van der Waals surface area (Å²) >= 11 is 0. The van der Waals surface area contributed by atoms with Crippen LogP contribution >= 0.6 is 0 Å². The summed E-state index contributed by atoms with van der Waals surface area (Å²) in [5.41, 5.74) is 5.60. The zero-order valence-corrected chi connectivity index (χ0v) is 21.4. The van der Waals surface area contributed by atoms with E-state index in [1.807, 2.05) is 36.4 Å². The number of ether oxygens (including phenoxy) is 1. The van der Waals surface area contributed by atoms with E-state index in [0.717, 1.165) is 74.3 Å². The van der Waals surface area contributed by atoms with Crippen molar-refractivity contribution < 1.29 is 4.74 Å². The minimum absolute atomic E-state index is 0.0764. The van der Waals surface area contributed by atoms with Crippen LogP contribution < -0.4 is 5.32 Å². The van der Waals surface area contributed by atoms with Crippen molar-refractivity contribution in [3.63, 3.8) is 0 Å². The molecule has 186 valence electrons. The molecule has 2 aromatic rings. The molecule has 1 fully saturated rings. The Labute approximate surface area is 209 Å². The molecule has 35 heavy (non-hydrogen) atoms. The number of nitrogens with one attached hydrogen (secondary N) is 1. The van der Waals surface area contributed by atoms with Gasteiger partial charge < -0.3 is 10.1 Å². The zero-order chi connectivity index (χ0) is 24.5. The molecule has 0 radical (unpaired) electrons. The Morgan fingerprint density at radius 3 is 2.77 bits per heavy atom. The Morgan fingerprint density at radius 2 is 2.00 bits per heavy atom. The molecule has 1 aliphatic heterocycles. The normalized spacial score (nSPS) is 19.9. The number of hydrogen-bond acceptors (Lipinski definition) is 5. The Morgan fingerprint density at radius 1 is 1.20 bits per heavy atom. The number of aliphatic imine (C=N–C) groups is 1. The van der Waals surface area contributed by atoms with E-state index in [1.54, 1.807) is 0 Å². The van der Waals surface area contributed by atoms with E-state index in [4.69, 9.17) is 14.7 Å². The monoisotopic (exact) mass is 473 g/mol.